The van der Waals surface area contributed by atoms with Crippen LogP contribution in [0.3, 0.4) is 0 Å². The molecule has 0 aromatic heterocycles. The number of rotatable bonds is 0. The van der Waals surface area contributed by atoms with Gasteiger partial charge in [-0.2, -0.15) is 8.42 Å². The van der Waals surface area contributed by atoms with Crippen LogP contribution < -0.4 is 0 Å². The van der Waals surface area contributed by atoms with E-state index in [4.69, 9.17) is 36.7 Å². The first kappa shape index (κ1) is 17.7. The van der Waals surface area contributed by atoms with Gasteiger partial charge in [0, 0.05) is 0 Å². The van der Waals surface area contributed by atoms with Gasteiger partial charge in [0.05, 0.1) is 0 Å². The normalized spacial score (nSPS) is 10.7. The summed E-state index contributed by atoms with van der Waals surface area (Å²) in [6, 6.07) is 0. The Bertz CT molecular complexity index is 149. The van der Waals surface area contributed by atoms with Gasteiger partial charge in [0.15, 0.2) is 0 Å². The summed E-state index contributed by atoms with van der Waals surface area (Å²) in [5, 5.41) is 0. The molecule has 0 atom stereocenters. The molecule has 0 amide bonds. The van der Waals surface area contributed by atoms with Gasteiger partial charge in [-0.3, -0.25) is 9.11 Å². The number of hydrogen-bond acceptors (Lipinski definition) is 6. The lowest BCUT2D eigenvalue weighted by Crippen LogP contribution is -2.33. The Morgan fingerprint density at radius 2 is 0.909 bits per heavy atom. The first-order valence-electron chi connectivity index (χ1n) is 1.59. The predicted molar refractivity (Wildman–Crippen MR) is 37.4 cm³/mol. The molecule has 0 aliphatic heterocycles. The summed E-state index contributed by atoms with van der Waals surface area (Å²) < 4.78 is 31.6. The number of hydrogen-bond donors (Lipinski definition) is 6. The van der Waals surface area contributed by atoms with Gasteiger partial charge >= 0.3 is 42.5 Å². The molecule has 8 nitrogen and oxygen atoms in total. The van der Waals surface area contributed by atoms with Crippen molar-refractivity contribution in [1.82, 2.24) is 0 Å². The molecule has 0 unspecified atom stereocenters. The first-order chi connectivity index (χ1) is 4.00. The Balaban J connectivity index is -0.000000107. The van der Waals surface area contributed by atoms with E-state index in [1.165, 1.54) is 0 Å². The van der Waals surface area contributed by atoms with E-state index >= 15 is 0 Å². The highest BCUT2D eigenvalue weighted by atomic mass is 32.3. The maximum atomic E-state index is 8.74. The molecule has 0 aromatic carbocycles. The van der Waals surface area contributed by atoms with E-state index in [0.717, 1.165) is 0 Å². The molecule has 0 rings (SSSR count). The van der Waals surface area contributed by atoms with Crippen molar-refractivity contribution in [3.8, 4) is 0 Å². The summed E-state index contributed by atoms with van der Waals surface area (Å²) in [6.07, 6.45) is 0. The van der Waals surface area contributed by atoms with Gasteiger partial charge < -0.3 is 19.2 Å². The standard InChI is InChI=1S/Mg.H2O4S.H4O4Si.2H/c;2*1-5(2,3)4;;/h;(H2,1,2,3,4);1-4H;;. The Morgan fingerprint density at radius 1 is 0.909 bits per heavy atom. The zero-order valence-electron chi connectivity index (χ0n) is 4.41. The smallest absolute Gasteiger partial charge is 0.368 e. The summed E-state index contributed by atoms with van der Waals surface area (Å²) in [4.78, 5) is 29.3. The third-order valence-electron chi connectivity index (χ3n) is 0. The van der Waals surface area contributed by atoms with Crippen LogP contribution in [0, 0.1) is 0 Å². The van der Waals surface area contributed by atoms with E-state index in [1.54, 1.807) is 0 Å². The molecule has 0 saturated carbocycles. The molecule has 0 aliphatic rings. The van der Waals surface area contributed by atoms with E-state index in [-0.39, 0.29) is 23.1 Å². The van der Waals surface area contributed by atoms with Crippen molar-refractivity contribution in [2.45, 2.75) is 0 Å². The van der Waals surface area contributed by atoms with Gasteiger partial charge in [-0.15, -0.1) is 0 Å². The fourth-order valence-corrected chi connectivity index (χ4v) is 0. The van der Waals surface area contributed by atoms with Crippen LogP contribution in [0.2, 0.25) is 0 Å². The molecule has 0 aromatic rings. The lowest BCUT2D eigenvalue weighted by atomic mass is 15.7. The van der Waals surface area contributed by atoms with Crippen molar-refractivity contribution in [1.29, 1.82) is 0 Å². The lowest BCUT2D eigenvalue weighted by molar-refractivity contribution is 0.117. The van der Waals surface area contributed by atoms with E-state index in [2.05, 4.69) is 0 Å². The molecule has 0 bridgehead atoms. The van der Waals surface area contributed by atoms with Crippen LogP contribution in [0.4, 0.5) is 0 Å². The van der Waals surface area contributed by atoms with E-state index in [0.29, 0.717) is 0 Å². The highest BCUT2D eigenvalue weighted by Gasteiger charge is 2.22. The molecule has 0 aliphatic carbocycles. The maximum Gasteiger partial charge on any atom is 0.668 e. The van der Waals surface area contributed by atoms with Crippen molar-refractivity contribution in [2.24, 2.45) is 0 Å². The fraction of sp³-hybridized carbons (Fsp3) is 0. The highest BCUT2D eigenvalue weighted by Crippen LogP contribution is 1.67. The van der Waals surface area contributed by atoms with E-state index in [9.17, 15) is 0 Å². The van der Waals surface area contributed by atoms with Gasteiger partial charge in [-0.1, -0.05) is 0 Å². The second-order valence-corrected chi connectivity index (χ2v) is 3.14. The minimum absolute atomic E-state index is 0. The van der Waals surface area contributed by atoms with Crippen molar-refractivity contribution in [3.63, 3.8) is 0 Å². The SMILES string of the molecule is O=S(=O)(O)O.O[Si](O)(O)O.[MgH2]. The summed E-state index contributed by atoms with van der Waals surface area (Å²) in [5.41, 5.74) is 0. The zero-order valence-corrected chi connectivity index (χ0v) is 6.22. The predicted octanol–water partition coefficient (Wildman–Crippen LogP) is -4.18. The Morgan fingerprint density at radius 3 is 0.909 bits per heavy atom. The second-order valence-electron chi connectivity index (χ2n) is 1.05. The summed E-state index contributed by atoms with van der Waals surface area (Å²) in [7, 11) is -9.28. The minimum atomic E-state index is -4.67. The van der Waals surface area contributed by atoms with Crippen molar-refractivity contribution < 1.29 is 36.7 Å². The topological polar surface area (TPSA) is 156 Å². The van der Waals surface area contributed by atoms with Crippen LogP contribution in [-0.4, -0.2) is 68.8 Å². The molecule has 0 spiro atoms. The second kappa shape index (κ2) is 6.24. The van der Waals surface area contributed by atoms with Gasteiger partial charge in [-0.05, 0) is 0 Å². The quantitative estimate of drug-likeness (QED) is 0.177. The average Bonchev–Trinajstić information content (AvgIpc) is 1.12. The molecular formula is H8MgO8SSi. The largest absolute Gasteiger partial charge is 0.668 e. The van der Waals surface area contributed by atoms with Crippen molar-refractivity contribution in [3.05, 3.63) is 0 Å². The van der Waals surface area contributed by atoms with Crippen molar-refractivity contribution >= 4 is 42.5 Å². The average molecular weight is 221 g/mol. The van der Waals surface area contributed by atoms with Crippen LogP contribution in [-0.2, 0) is 10.4 Å². The highest BCUT2D eigenvalue weighted by molar-refractivity contribution is 7.79. The van der Waals surface area contributed by atoms with Gasteiger partial charge in [0.1, 0.15) is 0 Å². The zero-order chi connectivity index (χ0) is 9.00. The maximum absolute atomic E-state index is 8.74. The molecule has 11 heavy (non-hydrogen) atoms. The van der Waals surface area contributed by atoms with E-state index in [1.807, 2.05) is 0 Å². The van der Waals surface area contributed by atoms with Crippen LogP contribution in [0.25, 0.3) is 0 Å². The third kappa shape index (κ3) is 1680. The molecule has 0 radical (unpaired) electrons. The summed E-state index contributed by atoms with van der Waals surface area (Å²) in [6.45, 7) is 0. The first-order valence-corrected chi connectivity index (χ1v) is 4.78. The Kier molecular flexibility index (Phi) is 10.0. The van der Waals surface area contributed by atoms with Crippen molar-refractivity contribution in [2.75, 3.05) is 0 Å². The van der Waals surface area contributed by atoms with Gasteiger partial charge in [-0.25, -0.2) is 0 Å². The van der Waals surface area contributed by atoms with Crippen LogP contribution in [0.1, 0.15) is 0 Å². The van der Waals surface area contributed by atoms with Crippen LogP contribution >= 0.6 is 0 Å². The summed E-state index contributed by atoms with van der Waals surface area (Å²) in [5.74, 6) is 0. The summed E-state index contributed by atoms with van der Waals surface area (Å²) >= 11 is 0. The van der Waals surface area contributed by atoms with Crippen LogP contribution in [0.15, 0.2) is 0 Å². The minimum Gasteiger partial charge on any atom is -0.368 e. The molecule has 0 saturated heterocycles. The lowest BCUT2D eigenvalue weighted by Gasteiger charge is -1.91. The van der Waals surface area contributed by atoms with Gasteiger partial charge in [0.2, 0.25) is 0 Å². The molecule has 68 valence electrons. The molecule has 11 heteroatoms. The molecule has 0 fully saturated rings. The van der Waals surface area contributed by atoms with E-state index < -0.39 is 19.4 Å². The van der Waals surface area contributed by atoms with Gasteiger partial charge in [0.25, 0.3) is 0 Å². The monoisotopic (exact) mass is 220 g/mol. The van der Waals surface area contributed by atoms with Crippen LogP contribution in [0.5, 0.6) is 0 Å². The molecule has 0 heterocycles. The fourth-order valence-electron chi connectivity index (χ4n) is 0. The Hall–Kier alpha value is 0.693. The molecular weight excluding hydrogens is 212 g/mol. The Labute approximate surface area is 79.3 Å². The third-order valence-corrected chi connectivity index (χ3v) is 0. The molecule has 6 N–H and O–H groups in total.